The quantitative estimate of drug-likeness (QED) is 0.824. The molecule has 2 aliphatic carbocycles. The smallest absolute Gasteiger partial charge is 0.241 e. The van der Waals surface area contributed by atoms with Crippen LogP contribution in [0.3, 0.4) is 0 Å². The predicted octanol–water partition coefficient (Wildman–Crippen LogP) is 1.41. The molecule has 1 unspecified atom stereocenters. The molecule has 1 aromatic rings. The van der Waals surface area contributed by atoms with Crippen molar-refractivity contribution in [3.63, 3.8) is 0 Å². The lowest BCUT2D eigenvalue weighted by Gasteiger charge is -2.30. The van der Waals surface area contributed by atoms with Crippen LogP contribution >= 0.6 is 0 Å². The van der Waals surface area contributed by atoms with Gasteiger partial charge in [0.25, 0.3) is 0 Å². The lowest BCUT2D eigenvalue weighted by Crippen LogP contribution is -2.59. The fourth-order valence-electron chi connectivity index (χ4n) is 3.20. The lowest BCUT2D eigenvalue weighted by molar-refractivity contribution is -0.126. The Hall–Kier alpha value is -1.55. The SMILES string of the molecule is CNC(COc1ccc2c(c1)CCC2)(C(N)=O)C1CC1. The Morgan fingerprint density at radius 1 is 1.40 bits per heavy atom. The molecule has 1 atom stereocenters. The second kappa shape index (κ2) is 5.09. The van der Waals surface area contributed by atoms with Crippen molar-refractivity contribution in [2.45, 2.75) is 37.6 Å². The fourth-order valence-corrected chi connectivity index (χ4v) is 3.20. The number of hydrogen-bond donors (Lipinski definition) is 2. The van der Waals surface area contributed by atoms with E-state index in [2.05, 4.69) is 17.4 Å². The monoisotopic (exact) mass is 274 g/mol. The van der Waals surface area contributed by atoms with Gasteiger partial charge in [0.05, 0.1) is 0 Å². The number of aryl methyl sites for hydroxylation is 2. The summed E-state index contributed by atoms with van der Waals surface area (Å²) in [5.41, 5.74) is 7.68. The first-order valence-electron chi connectivity index (χ1n) is 7.39. The number of nitrogens with two attached hydrogens (primary N) is 1. The molecular formula is C16H22N2O2. The Kier molecular flexibility index (Phi) is 3.42. The third-order valence-corrected chi connectivity index (χ3v) is 4.70. The molecule has 0 aliphatic heterocycles. The molecule has 0 radical (unpaired) electrons. The van der Waals surface area contributed by atoms with Gasteiger partial charge >= 0.3 is 0 Å². The summed E-state index contributed by atoms with van der Waals surface area (Å²) in [7, 11) is 1.79. The predicted molar refractivity (Wildman–Crippen MR) is 77.7 cm³/mol. The van der Waals surface area contributed by atoms with Gasteiger partial charge < -0.3 is 15.8 Å². The van der Waals surface area contributed by atoms with Crippen molar-refractivity contribution < 1.29 is 9.53 Å². The van der Waals surface area contributed by atoms with Gasteiger partial charge in [0.2, 0.25) is 5.91 Å². The summed E-state index contributed by atoms with van der Waals surface area (Å²) in [6.45, 7) is 0.308. The lowest BCUT2D eigenvalue weighted by atomic mass is 9.93. The fraction of sp³-hybridized carbons (Fsp3) is 0.562. The van der Waals surface area contributed by atoms with E-state index in [9.17, 15) is 4.79 Å². The van der Waals surface area contributed by atoms with E-state index in [0.717, 1.165) is 25.0 Å². The third kappa shape index (κ3) is 2.29. The highest BCUT2D eigenvalue weighted by Gasteiger charge is 2.49. The molecule has 3 N–H and O–H groups in total. The van der Waals surface area contributed by atoms with E-state index in [-0.39, 0.29) is 5.91 Å². The molecule has 0 bridgehead atoms. The number of rotatable bonds is 6. The summed E-state index contributed by atoms with van der Waals surface area (Å²) in [6.07, 6.45) is 5.60. The van der Waals surface area contributed by atoms with Crippen LogP contribution in [0.1, 0.15) is 30.4 Å². The summed E-state index contributed by atoms with van der Waals surface area (Å²) in [4.78, 5) is 11.8. The number of primary amides is 1. The zero-order valence-corrected chi connectivity index (χ0v) is 11.9. The van der Waals surface area contributed by atoms with Crippen molar-refractivity contribution in [3.8, 4) is 5.75 Å². The average Bonchev–Trinajstić information content (AvgIpc) is 3.18. The van der Waals surface area contributed by atoms with Gasteiger partial charge in [-0.2, -0.15) is 0 Å². The maximum atomic E-state index is 11.8. The zero-order chi connectivity index (χ0) is 14.2. The molecule has 1 aromatic carbocycles. The van der Waals surface area contributed by atoms with Gasteiger partial charge in [-0.3, -0.25) is 4.79 Å². The number of hydrogen-bond acceptors (Lipinski definition) is 3. The van der Waals surface area contributed by atoms with E-state index in [4.69, 9.17) is 10.5 Å². The third-order valence-electron chi connectivity index (χ3n) is 4.70. The molecule has 2 aliphatic rings. The molecule has 0 aromatic heterocycles. The Morgan fingerprint density at radius 2 is 2.15 bits per heavy atom. The minimum atomic E-state index is -0.723. The Balaban J connectivity index is 1.73. The molecule has 20 heavy (non-hydrogen) atoms. The van der Waals surface area contributed by atoms with Gasteiger partial charge in [-0.05, 0) is 68.3 Å². The van der Waals surface area contributed by atoms with Crippen LogP contribution in [0.15, 0.2) is 18.2 Å². The van der Waals surface area contributed by atoms with E-state index < -0.39 is 5.54 Å². The maximum Gasteiger partial charge on any atom is 0.241 e. The topological polar surface area (TPSA) is 64.3 Å². The minimum Gasteiger partial charge on any atom is -0.491 e. The summed E-state index contributed by atoms with van der Waals surface area (Å²) in [6, 6.07) is 6.25. The standard InChI is InChI=1S/C16H22N2O2/c1-18-16(15(17)19,13-6-7-13)10-20-14-8-5-11-3-2-4-12(11)9-14/h5,8-9,13,18H,2-4,6-7,10H2,1H3,(H2,17,19). The van der Waals surface area contributed by atoms with Crippen LogP contribution in [0.2, 0.25) is 0 Å². The van der Waals surface area contributed by atoms with Gasteiger partial charge in [0.1, 0.15) is 17.9 Å². The summed E-state index contributed by atoms with van der Waals surface area (Å²) in [5.74, 6) is 0.829. The number of benzene rings is 1. The molecule has 0 spiro atoms. The van der Waals surface area contributed by atoms with Crippen LogP contribution in [0.25, 0.3) is 0 Å². The maximum absolute atomic E-state index is 11.8. The van der Waals surface area contributed by atoms with Gasteiger partial charge in [-0.15, -0.1) is 0 Å². The first kappa shape index (κ1) is 13.4. The number of carbonyl (C=O) groups is 1. The van der Waals surface area contributed by atoms with E-state index in [1.807, 2.05) is 6.07 Å². The largest absolute Gasteiger partial charge is 0.491 e. The Morgan fingerprint density at radius 3 is 2.80 bits per heavy atom. The molecule has 4 nitrogen and oxygen atoms in total. The van der Waals surface area contributed by atoms with Gasteiger partial charge in [-0.1, -0.05) is 6.07 Å². The number of ether oxygens (including phenoxy) is 1. The molecule has 108 valence electrons. The van der Waals surface area contributed by atoms with Crippen LogP contribution < -0.4 is 15.8 Å². The highest BCUT2D eigenvalue weighted by Crippen LogP contribution is 2.40. The van der Waals surface area contributed by atoms with Crippen LogP contribution in [-0.2, 0) is 17.6 Å². The van der Waals surface area contributed by atoms with E-state index >= 15 is 0 Å². The summed E-state index contributed by atoms with van der Waals surface area (Å²) >= 11 is 0. The van der Waals surface area contributed by atoms with Gasteiger partial charge in [-0.25, -0.2) is 0 Å². The van der Waals surface area contributed by atoms with Gasteiger partial charge in [0.15, 0.2) is 0 Å². The molecule has 1 fully saturated rings. The molecular weight excluding hydrogens is 252 g/mol. The van der Waals surface area contributed by atoms with Gasteiger partial charge in [0, 0.05) is 0 Å². The molecule has 1 saturated carbocycles. The molecule has 0 saturated heterocycles. The van der Waals surface area contributed by atoms with Crippen molar-refractivity contribution in [2.24, 2.45) is 11.7 Å². The molecule has 3 rings (SSSR count). The van der Waals surface area contributed by atoms with Crippen molar-refractivity contribution in [1.82, 2.24) is 5.32 Å². The number of amides is 1. The number of nitrogens with one attached hydrogen (secondary N) is 1. The van der Waals surface area contributed by atoms with Crippen molar-refractivity contribution in [2.75, 3.05) is 13.7 Å². The van der Waals surface area contributed by atoms with Crippen LogP contribution in [0.5, 0.6) is 5.75 Å². The molecule has 1 amide bonds. The van der Waals surface area contributed by atoms with E-state index in [1.54, 1.807) is 7.05 Å². The molecule has 4 heteroatoms. The van der Waals surface area contributed by atoms with E-state index in [0.29, 0.717) is 12.5 Å². The zero-order valence-electron chi connectivity index (χ0n) is 11.9. The highest BCUT2D eigenvalue weighted by molar-refractivity contribution is 5.85. The van der Waals surface area contributed by atoms with Crippen molar-refractivity contribution in [3.05, 3.63) is 29.3 Å². The van der Waals surface area contributed by atoms with Crippen LogP contribution in [0.4, 0.5) is 0 Å². The minimum absolute atomic E-state index is 0.305. The first-order chi connectivity index (χ1) is 9.65. The molecule has 0 heterocycles. The number of carbonyl (C=O) groups excluding carboxylic acids is 1. The van der Waals surface area contributed by atoms with Crippen molar-refractivity contribution in [1.29, 1.82) is 0 Å². The summed E-state index contributed by atoms with van der Waals surface area (Å²) < 4.78 is 5.89. The second-order valence-corrected chi connectivity index (χ2v) is 5.93. The number of fused-ring (bicyclic) bond motifs is 1. The second-order valence-electron chi connectivity index (χ2n) is 5.93. The van der Waals surface area contributed by atoms with E-state index in [1.165, 1.54) is 24.0 Å². The number of likely N-dealkylation sites (N-methyl/N-ethyl adjacent to an activating group) is 1. The Labute approximate surface area is 119 Å². The highest BCUT2D eigenvalue weighted by atomic mass is 16.5. The first-order valence-corrected chi connectivity index (χ1v) is 7.39. The van der Waals surface area contributed by atoms with Crippen LogP contribution in [-0.4, -0.2) is 25.1 Å². The van der Waals surface area contributed by atoms with Crippen molar-refractivity contribution >= 4 is 5.91 Å². The normalized spacial score (nSPS) is 20.2. The summed E-state index contributed by atoms with van der Waals surface area (Å²) in [5, 5.41) is 3.10. The van der Waals surface area contributed by atoms with Crippen LogP contribution in [0, 0.1) is 5.92 Å². The Bertz CT molecular complexity index is 525. The average molecular weight is 274 g/mol.